The zero-order valence-corrected chi connectivity index (χ0v) is 10.5. The van der Waals surface area contributed by atoms with Crippen molar-refractivity contribution in [2.45, 2.75) is 25.3 Å². The molecule has 0 aliphatic carbocycles. The maximum absolute atomic E-state index is 12.1. The molecule has 0 saturated carbocycles. The van der Waals surface area contributed by atoms with Crippen molar-refractivity contribution in [2.24, 2.45) is 0 Å². The summed E-state index contributed by atoms with van der Waals surface area (Å²) in [5.74, 6) is -0.193. The van der Waals surface area contributed by atoms with Crippen LogP contribution >= 0.6 is 0 Å². The highest BCUT2D eigenvalue weighted by molar-refractivity contribution is 6.01. The molecule has 0 atom stereocenters. The smallest absolute Gasteiger partial charge is 0.253 e. The monoisotopic (exact) mass is 260 g/mol. The number of rotatable bonds is 2. The molecule has 3 N–H and O–H groups in total. The third-order valence-corrected chi connectivity index (χ3v) is 3.51. The normalized spacial score (nSPS) is 18.8. The minimum absolute atomic E-state index is 0.0709. The van der Waals surface area contributed by atoms with Crippen LogP contribution in [0.15, 0.2) is 12.3 Å². The minimum Gasteiger partial charge on any atom is -0.349 e. The first-order chi connectivity index (χ1) is 9.22. The van der Waals surface area contributed by atoms with Crippen molar-refractivity contribution in [1.29, 1.82) is 0 Å². The van der Waals surface area contributed by atoms with Crippen molar-refractivity contribution in [2.75, 3.05) is 18.4 Å². The number of piperidine rings is 1. The van der Waals surface area contributed by atoms with Crippen LogP contribution in [0.5, 0.6) is 0 Å². The third kappa shape index (κ3) is 2.58. The molecular weight excluding hydrogens is 244 g/mol. The number of amides is 2. The summed E-state index contributed by atoms with van der Waals surface area (Å²) in [4.78, 5) is 27.5. The molecule has 1 aromatic heterocycles. The molecule has 100 valence electrons. The van der Waals surface area contributed by atoms with Gasteiger partial charge >= 0.3 is 0 Å². The van der Waals surface area contributed by atoms with Gasteiger partial charge in [0.2, 0.25) is 5.91 Å². The number of carbonyl (C=O) groups is 2. The van der Waals surface area contributed by atoms with Crippen LogP contribution in [0.4, 0.5) is 5.69 Å². The second-order valence-electron chi connectivity index (χ2n) is 4.94. The highest BCUT2D eigenvalue weighted by Crippen LogP contribution is 2.21. The molecule has 1 fully saturated rings. The lowest BCUT2D eigenvalue weighted by Crippen LogP contribution is -2.42. The van der Waals surface area contributed by atoms with Crippen LogP contribution in [0.25, 0.3) is 0 Å². The first-order valence-corrected chi connectivity index (χ1v) is 6.53. The minimum atomic E-state index is -0.122. The Morgan fingerprint density at radius 2 is 2.16 bits per heavy atom. The number of anilines is 1. The molecule has 0 aromatic carbocycles. The fraction of sp³-hybridized carbons (Fsp3) is 0.462. The van der Waals surface area contributed by atoms with E-state index in [1.165, 1.54) is 6.20 Å². The second kappa shape index (κ2) is 4.97. The Morgan fingerprint density at radius 1 is 1.37 bits per heavy atom. The van der Waals surface area contributed by atoms with Gasteiger partial charge in [0.1, 0.15) is 0 Å². The maximum atomic E-state index is 12.1. The molecule has 1 saturated heterocycles. The zero-order valence-electron chi connectivity index (χ0n) is 10.5. The Kier molecular flexibility index (Phi) is 3.16. The van der Waals surface area contributed by atoms with Crippen LogP contribution in [0.2, 0.25) is 0 Å². The van der Waals surface area contributed by atoms with Gasteiger partial charge in [-0.05, 0) is 32.0 Å². The van der Waals surface area contributed by atoms with Crippen molar-refractivity contribution in [3.8, 4) is 0 Å². The van der Waals surface area contributed by atoms with Gasteiger partial charge in [0.15, 0.2) is 0 Å². The average Bonchev–Trinajstić information content (AvgIpc) is 2.78. The number of hydrogen-bond acceptors (Lipinski definition) is 4. The molecule has 0 spiro atoms. The van der Waals surface area contributed by atoms with Gasteiger partial charge in [-0.3, -0.25) is 14.6 Å². The summed E-state index contributed by atoms with van der Waals surface area (Å²) >= 11 is 0. The van der Waals surface area contributed by atoms with Gasteiger partial charge in [0.25, 0.3) is 5.91 Å². The predicted octanol–water partition coefficient (Wildman–Crippen LogP) is 0.0580. The van der Waals surface area contributed by atoms with Gasteiger partial charge in [-0.1, -0.05) is 0 Å². The first kappa shape index (κ1) is 12.1. The molecule has 6 nitrogen and oxygen atoms in total. The summed E-state index contributed by atoms with van der Waals surface area (Å²) in [6.07, 6.45) is 3.72. The van der Waals surface area contributed by atoms with Crippen LogP contribution < -0.4 is 16.0 Å². The van der Waals surface area contributed by atoms with Gasteiger partial charge in [0.05, 0.1) is 23.4 Å². The average molecular weight is 260 g/mol. The fourth-order valence-electron chi connectivity index (χ4n) is 2.45. The summed E-state index contributed by atoms with van der Waals surface area (Å²) in [6, 6.07) is 1.92. The van der Waals surface area contributed by atoms with Gasteiger partial charge in [-0.2, -0.15) is 0 Å². The van der Waals surface area contributed by atoms with E-state index < -0.39 is 0 Å². The van der Waals surface area contributed by atoms with Crippen LogP contribution in [0.3, 0.4) is 0 Å². The molecule has 1 aromatic rings. The van der Waals surface area contributed by atoms with Crippen molar-refractivity contribution in [3.63, 3.8) is 0 Å². The lowest BCUT2D eigenvalue weighted by molar-refractivity contribution is -0.115. The first-order valence-electron chi connectivity index (χ1n) is 6.53. The standard InChI is InChI=1S/C13H16N4O2/c18-12-6-10-11(17-12)5-8(7-15-10)13(19)16-9-1-3-14-4-2-9/h5,7,9,14H,1-4,6H2,(H,16,19)(H,17,18). The molecule has 3 rings (SSSR count). The molecule has 0 radical (unpaired) electrons. The molecule has 3 heterocycles. The molecule has 0 bridgehead atoms. The van der Waals surface area contributed by atoms with E-state index in [1.54, 1.807) is 6.07 Å². The van der Waals surface area contributed by atoms with E-state index in [4.69, 9.17) is 0 Å². The molecule has 19 heavy (non-hydrogen) atoms. The van der Waals surface area contributed by atoms with Crippen LogP contribution in [0, 0.1) is 0 Å². The van der Waals surface area contributed by atoms with E-state index in [0.29, 0.717) is 23.4 Å². The van der Waals surface area contributed by atoms with E-state index in [0.717, 1.165) is 25.9 Å². The fourth-order valence-corrected chi connectivity index (χ4v) is 2.45. The van der Waals surface area contributed by atoms with Crippen LogP contribution in [-0.2, 0) is 11.2 Å². The van der Waals surface area contributed by atoms with E-state index in [9.17, 15) is 9.59 Å². The lowest BCUT2D eigenvalue weighted by Gasteiger charge is -2.23. The number of hydrogen-bond donors (Lipinski definition) is 3. The van der Waals surface area contributed by atoms with Gasteiger partial charge in [-0.15, -0.1) is 0 Å². The van der Waals surface area contributed by atoms with Gasteiger partial charge in [-0.25, -0.2) is 0 Å². The summed E-state index contributed by atoms with van der Waals surface area (Å²) in [6.45, 7) is 1.87. The van der Waals surface area contributed by atoms with Gasteiger partial charge < -0.3 is 16.0 Å². The quantitative estimate of drug-likeness (QED) is 0.702. The number of nitrogens with one attached hydrogen (secondary N) is 3. The Morgan fingerprint density at radius 3 is 2.95 bits per heavy atom. The van der Waals surface area contributed by atoms with Crippen molar-refractivity contribution in [1.82, 2.24) is 15.6 Å². The van der Waals surface area contributed by atoms with E-state index in [-0.39, 0.29) is 17.9 Å². The summed E-state index contributed by atoms with van der Waals surface area (Å²) in [5.41, 5.74) is 1.87. The highest BCUT2D eigenvalue weighted by atomic mass is 16.2. The van der Waals surface area contributed by atoms with Crippen molar-refractivity contribution >= 4 is 17.5 Å². The van der Waals surface area contributed by atoms with Crippen molar-refractivity contribution < 1.29 is 9.59 Å². The molecule has 6 heteroatoms. The largest absolute Gasteiger partial charge is 0.349 e. The molecule has 2 aliphatic rings. The van der Waals surface area contributed by atoms with Crippen molar-refractivity contribution in [3.05, 3.63) is 23.5 Å². The number of pyridine rings is 1. The Bertz CT molecular complexity index is 523. The third-order valence-electron chi connectivity index (χ3n) is 3.51. The lowest BCUT2D eigenvalue weighted by atomic mass is 10.1. The summed E-state index contributed by atoms with van der Waals surface area (Å²) < 4.78 is 0. The Labute approximate surface area is 111 Å². The van der Waals surface area contributed by atoms with Crippen LogP contribution in [-0.4, -0.2) is 35.9 Å². The molecule has 0 unspecified atom stereocenters. The summed E-state index contributed by atoms with van der Waals surface area (Å²) in [5, 5.41) is 8.97. The van der Waals surface area contributed by atoms with E-state index >= 15 is 0 Å². The summed E-state index contributed by atoms with van der Waals surface area (Å²) in [7, 11) is 0. The van der Waals surface area contributed by atoms with E-state index in [1.807, 2.05) is 0 Å². The zero-order chi connectivity index (χ0) is 13.2. The number of aromatic nitrogens is 1. The molecule has 2 aliphatic heterocycles. The molecular formula is C13H16N4O2. The Hall–Kier alpha value is -1.95. The number of fused-ring (bicyclic) bond motifs is 1. The predicted molar refractivity (Wildman–Crippen MR) is 69.9 cm³/mol. The number of carbonyl (C=O) groups excluding carboxylic acids is 2. The topological polar surface area (TPSA) is 83.1 Å². The maximum Gasteiger partial charge on any atom is 0.253 e. The van der Waals surface area contributed by atoms with Crippen LogP contribution in [0.1, 0.15) is 28.9 Å². The Balaban J connectivity index is 1.70. The number of nitrogens with zero attached hydrogens (tertiary/aromatic N) is 1. The highest BCUT2D eigenvalue weighted by Gasteiger charge is 2.22. The van der Waals surface area contributed by atoms with E-state index in [2.05, 4.69) is 20.9 Å². The van der Waals surface area contributed by atoms with Gasteiger partial charge in [0, 0.05) is 12.2 Å². The molecule has 2 amide bonds. The SMILES string of the molecule is O=C1Cc2ncc(C(=O)NC3CCNCC3)cc2N1. The second-order valence-corrected chi connectivity index (χ2v) is 4.94.